The maximum atomic E-state index is 12.8. The van der Waals surface area contributed by atoms with Gasteiger partial charge in [-0.2, -0.15) is 13.2 Å². The number of anilines is 2. The summed E-state index contributed by atoms with van der Waals surface area (Å²) in [5.74, 6) is -1.03. The molecular weight excluding hydrogens is 403 g/mol. The predicted molar refractivity (Wildman–Crippen MR) is 106 cm³/mol. The summed E-state index contributed by atoms with van der Waals surface area (Å²) in [6.07, 6.45) is -0.0984. The van der Waals surface area contributed by atoms with E-state index in [0.29, 0.717) is 16.4 Å². The Morgan fingerprint density at radius 3 is 2.55 bits per heavy atom. The van der Waals surface area contributed by atoms with Crippen LogP contribution in [0.3, 0.4) is 0 Å². The molecule has 0 aliphatic rings. The van der Waals surface area contributed by atoms with Gasteiger partial charge in [0.15, 0.2) is 5.13 Å². The first-order chi connectivity index (χ1) is 13.8. The SMILES string of the molecule is O=C(/C=C/c1cccc(NC(=O)c2cccc(C(F)(F)F)c2)c1)Nc1nccs1. The maximum Gasteiger partial charge on any atom is 0.416 e. The molecule has 0 radical (unpaired) electrons. The Labute approximate surface area is 167 Å². The molecule has 3 aromatic rings. The molecule has 1 aromatic heterocycles. The van der Waals surface area contributed by atoms with Crippen molar-refractivity contribution in [2.24, 2.45) is 0 Å². The first-order valence-corrected chi connectivity index (χ1v) is 9.16. The molecule has 3 rings (SSSR count). The lowest BCUT2D eigenvalue weighted by molar-refractivity contribution is -0.137. The molecule has 0 spiro atoms. The van der Waals surface area contributed by atoms with E-state index in [1.807, 2.05) is 0 Å². The predicted octanol–water partition coefficient (Wildman–Crippen LogP) is 5.07. The summed E-state index contributed by atoms with van der Waals surface area (Å²) in [7, 11) is 0. The molecule has 0 bridgehead atoms. The lowest BCUT2D eigenvalue weighted by Gasteiger charge is -2.09. The second kappa shape index (κ2) is 8.70. The monoisotopic (exact) mass is 417 g/mol. The van der Waals surface area contributed by atoms with Gasteiger partial charge in [0.2, 0.25) is 5.91 Å². The van der Waals surface area contributed by atoms with Gasteiger partial charge in [0.05, 0.1) is 5.56 Å². The van der Waals surface area contributed by atoms with Crippen molar-refractivity contribution < 1.29 is 22.8 Å². The van der Waals surface area contributed by atoms with Crippen LogP contribution < -0.4 is 10.6 Å². The van der Waals surface area contributed by atoms with Crippen LogP contribution in [-0.4, -0.2) is 16.8 Å². The average Bonchev–Trinajstić information content (AvgIpc) is 3.19. The van der Waals surface area contributed by atoms with Crippen molar-refractivity contribution in [3.8, 4) is 0 Å². The smallest absolute Gasteiger partial charge is 0.322 e. The van der Waals surface area contributed by atoms with Gasteiger partial charge in [0, 0.05) is 28.9 Å². The average molecular weight is 417 g/mol. The Hall–Kier alpha value is -3.46. The van der Waals surface area contributed by atoms with Gasteiger partial charge in [-0.1, -0.05) is 18.2 Å². The van der Waals surface area contributed by atoms with Gasteiger partial charge >= 0.3 is 6.18 Å². The molecule has 0 saturated heterocycles. The fourth-order valence-corrected chi connectivity index (χ4v) is 2.90. The van der Waals surface area contributed by atoms with Crippen LogP contribution in [0.25, 0.3) is 6.08 Å². The highest BCUT2D eigenvalue weighted by Crippen LogP contribution is 2.29. The van der Waals surface area contributed by atoms with E-state index in [1.165, 1.54) is 29.5 Å². The molecule has 2 N–H and O–H groups in total. The number of aromatic nitrogens is 1. The van der Waals surface area contributed by atoms with Crippen LogP contribution in [-0.2, 0) is 11.0 Å². The van der Waals surface area contributed by atoms with E-state index < -0.39 is 17.6 Å². The van der Waals surface area contributed by atoms with Crippen molar-refractivity contribution in [2.75, 3.05) is 10.6 Å². The zero-order valence-electron chi connectivity index (χ0n) is 14.7. The topological polar surface area (TPSA) is 71.1 Å². The number of alkyl halides is 3. The molecule has 0 aliphatic heterocycles. The first kappa shape index (κ1) is 20.3. The number of benzene rings is 2. The molecule has 0 aliphatic carbocycles. The van der Waals surface area contributed by atoms with Gasteiger partial charge in [0.25, 0.3) is 5.91 Å². The molecule has 5 nitrogen and oxygen atoms in total. The van der Waals surface area contributed by atoms with E-state index in [1.54, 1.807) is 41.9 Å². The number of rotatable bonds is 5. The summed E-state index contributed by atoms with van der Waals surface area (Å²) < 4.78 is 38.4. The van der Waals surface area contributed by atoms with Gasteiger partial charge < -0.3 is 5.32 Å². The van der Waals surface area contributed by atoms with E-state index in [2.05, 4.69) is 15.6 Å². The summed E-state index contributed by atoms with van der Waals surface area (Å²) in [5.41, 5.74) is 0.00713. The Kier molecular flexibility index (Phi) is 6.08. The van der Waals surface area contributed by atoms with Gasteiger partial charge in [-0.3, -0.25) is 14.9 Å². The van der Waals surface area contributed by atoms with E-state index in [4.69, 9.17) is 0 Å². The fourth-order valence-electron chi connectivity index (χ4n) is 2.36. The number of hydrogen-bond acceptors (Lipinski definition) is 4. The Balaban J connectivity index is 1.67. The third kappa shape index (κ3) is 5.76. The molecule has 0 atom stereocenters. The first-order valence-electron chi connectivity index (χ1n) is 8.28. The maximum absolute atomic E-state index is 12.8. The van der Waals surface area contributed by atoms with Crippen molar-refractivity contribution in [3.05, 3.63) is 82.9 Å². The van der Waals surface area contributed by atoms with Crippen LogP contribution in [0.15, 0.2) is 66.2 Å². The lowest BCUT2D eigenvalue weighted by Crippen LogP contribution is -2.14. The number of carbonyl (C=O) groups excluding carboxylic acids is 2. The lowest BCUT2D eigenvalue weighted by atomic mass is 10.1. The third-order valence-electron chi connectivity index (χ3n) is 3.69. The molecule has 0 unspecified atom stereocenters. The van der Waals surface area contributed by atoms with Crippen molar-refractivity contribution in [3.63, 3.8) is 0 Å². The van der Waals surface area contributed by atoms with E-state index in [-0.39, 0.29) is 11.5 Å². The molecule has 9 heteroatoms. The summed E-state index contributed by atoms with van der Waals surface area (Å²) >= 11 is 1.29. The van der Waals surface area contributed by atoms with Crippen LogP contribution in [0.4, 0.5) is 24.0 Å². The van der Waals surface area contributed by atoms with Crippen LogP contribution in [0.5, 0.6) is 0 Å². The van der Waals surface area contributed by atoms with Crippen LogP contribution in [0.2, 0.25) is 0 Å². The summed E-state index contributed by atoms with van der Waals surface area (Å²) in [6.45, 7) is 0. The number of carbonyl (C=O) groups is 2. The largest absolute Gasteiger partial charge is 0.416 e. The van der Waals surface area contributed by atoms with E-state index in [9.17, 15) is 22.8 Å². The van der Waals surface area contributed by atoms with Crippen LogP contribution >= 0.6 is 11.3 Å². The summed E-state index contributed by atoms with van der Waals surface area (Å²) in [5, 5.41) is 7.36. The number of halogens is 3. The molecule has 29 heavy (non-hydrogen) atoms. The van der Waals surface area contributed by atoms with Gasteiger partial charge in [-0.25, -0.2) is 4.98 Å². The Morgan fingerprint density at radius 1 is 1.03 bits per heavy atom. The minimum absolute atomic E-state index is 0.108. The Bertz CT molecular complexity index is 1050. The highest BCUT2D eigenvalue weighted by atomic mass is 32.1. The second-order valence-corrected chi connectivity index (χ2v) is 6.71. The van der Waals surface area contributed by atoms with Crippen molar-refractivity contribution in [2.45, 2.75) is 6.18 Å². The number of hydrogen-bond donors (Lipinski definition) is 2. The van der Waals surface area contributed by atoms with Crippen molar-refractivity contribution >= 4 is 40.0 Å². The molecule has 0 fully saturated rings. The molecule has 1 heterocycles. The van der Waals surface area contributed by atoms with E-state index >= 15 is 0 Å². The van der Waals surface area contributed by atoms with E-state index in [0.717, 1.165) is 12.1 Å². The molecule has 2 aromatic carbocycles. The quantitative estimate of drug-likeness (QED) is 0.570. The zero-order chi connectivity index (χ0) is 20.9. The fraction of sp³-hybridized carbons (Fsp3) is 0.0500. The van der Waals surface area contributed by atoms with Crippen LogP contribution in [0, 0.1) is 0 Å². The normalized spacial score (nSPS) is 11.4. The molecule has 2 amide bonds. The van der Waals surface area contributed by atoms with Crippen molar-refractivity contribution in [1.82, 2.24) is 4.98 Å². The summed E-state index contributed by atoms with van der Waals surface area (Å²) in [6, 6.07) is 10.7. The number of amides is 2. The number of thiazole rings is 1. The third-order valence-corrected chi connectivity index (χ3v) is 4.37. The second-order valence-electron chi connectivity index (χ2n) is 5.82. The molecule has 0 saturated carbocycles. The van der Waals surface area contributed by atoms with Crippen molar-refractivity contribution in [1.29, 1.82) is 0 Å². The van der Waals surface area contributed by atoms with Gasteiger partial charge in [0.1, 0.15) is 0 Å². The number of nitrogens with one attached hydrogen (secondary N) is 2. The minimum Gasteiger partial charge on any atom is -0.322 e. The molecular formula is C20H14F3N3O2S. The zero-order valence-corrected chi connectivity index (χ0v) is 15.6. The Morgan fingerprint density at radius 2 is 1.83 bits per heavy atom. The highest BCUT2D eigenvalue weighted by Gasteiger charge is 2.30. The summed E-state index contributed by atoms with van der Waals surface area (Å²) in [4.78, 5) is 28.1. The molecule has 148 valence electrons. The van der Waals surface area contributed by atoms with Gasteiger partial charge in [-0.15, -0.1) is 11.3 Å². The minimum atomic E-state index is -4.53. The standard InChI is InChI=1S/C20H14F3N3O2S/c21-20(22,23)15-5-2-4-14(12-15)18(28)25-16-6-1-3-13(11-16)7-8-17(27)26-19-24-9-10-29-19/h1-12H,(H,25,28)(H,24,26,27)/b8-7+. The number of nitrogens with zero attached hydrogens (tertiary/aromatic N) is 1. The van der Waals surface area contributed by atoms with Gasteiger partial charge in [-0.05, 0) is 42.0 Å². The highest BCUT2D eigenvalue weighted by molar-refractivity contribution is 7.13. The van der Waals surface area contributed by atoms with Crippen LogP contribution in [0.1, 0.15) is 21.5 Å².